The van der Waals surface area contributed by atoms with Gasteiger partial charge in [0.1, 0.15) is 0 Å². The van der Waals surface area contributed by atoms with Gasteiger partial charge < -0.3 is 14.8 Å². The highest BCUT2D eigenvalue weighted by atomic mass is 79.9. The third-order valence-electron chi connectivity index (χ3n) is 2.99. The molecule has 0 aliphatic rings. The molecule has 0 atom stereocenters. The van der Waals surface area contributed by atoms with Crippen LogP contribution in [0, 0.1) is 0 Å². The van der Waals surface area contributed by atoms with Gasteiger partial charge in [0.15, 0.2) is 11.5 Å². The number of nitrogens with one attached hydrogen (secondary N) is 1. The topological polar surface area (TPSA) is 30.5 Å². The van der Waals surface area contributed by atoms with Gasteiger partial charge in [-0.15, -0.1) is 12.4 Å². The first-order chi connectivity index (χ1) is 9.74. The Balaban J connectivity index is 0.00000220. The molecule has 0 saturated heterocycles. The Morgan fingerprint density at radius 3 is 2.24 bits per heavy atom. The molecule has 0 aliphatic heterocycles. The Kier molecular flexibility index (Phi) is 7.57. The van der Waals surface area contributed by atoms with Crippen molar-refractivity contribution in [2.45, 2.75) is 13.1 Å². The average molecular weight is 373 g/mol. The minimum absolute atomic E-state index is 0. The minimum atomic E-state index is 0. The lowest BCUT2D eigenvalue weighted by Crippen LogP contribution is -2.12. The molecule has 0 amide bonds. The van der Waals surface area contributed by atoms with Crippen molar-refractivity contribution in [3.05, 3.63) is 58.1 Å². The van der Waals surface area contributed by atoms with E-state index in [1.54, 1.807) is 14.2 Å². The van der Waals surface area contributed by atoms with Gasteiger partial charge in [0.05, 0.1) is 18.7 Å². The summed E-state index contributed by atoms with van der Waals surface area (Å²) in [5.74, 6) is 1.46. The first-order valence-electron chi connectivity index (χ1n) is 6.39. The molecular weight excluding hydrogens is 354 g/mol. The van der Waals surface area contributed by atoms with Gasteiger partial charge in [0.25, 0.3) is 0 Å². The number of benzene rings is 2. The molecule has 0 bridgehead atoms. The SMILES string of the molecule is COc1cc(CNCc2ccccc2)cc(Br)c1OC.Cl. The van der Waals surface area contributed by atoms with E-state index >= 15 is 0 Å². The van der Waals surface area contributed by atoms with Gasteiger partial charge in [-0.1, -0.05) is 30.3 Å². The quantitative estimate of drug-likeness (QED) is 0.825. The van der Waals surface area contributed by atoms with Crippen LogP contribution in [0.5, 0.6) is 11.5 Å². The molecule has 21 heavy (non-hydrogen) atoms. The fourth-order valence-corrected chi connectivity index (χ4v) is 2.67. The third-order valence-corrected chi connectivity index (χ3v) is 3.58. The fourth-order valence-electron chi connectivity index (χ4n) is 2.02. The van der Waals surface area contributed by atoms with E-state index in [4.69, 9.17) is 9.47 Å². The lowest BCUT2D eigenvalue weighted by atomic mass is 10.2. The van der Waals surface area contributed by atoms with E-state index in [-0.39, 0.29) is 12.4 Å². The predicted molar refractivity (Wildman–Crippen MR) is 91.5 cm³/mol. The van der Waals surface area contributed by atoms with Gasteiger partial charge in [-0.2, -0.15) is 0 Å². The first kappa shape index (κ1) is 17.8. The molecule has 1 N–H and O–H groups in total. The van der Waals surface area contributed by atoms with E-state index in [0.717, 1.165) is 34.6 Å². The third kappa shape index (κ3) is 4.92. The summed E-state index contributed by atoms with van der Waals surface area (Å²) in [6.45, 7) is 1.61. The van der Waals surface area contributed by atoms with Crippen LogP contribution in [0.1, 0.15) is 11.1 Å². The van der Waals surface area contributed by atoms with Crippen LogP contribution in [-0.4, -0.2) is 14.2 Å². The van der Waals surface area contributed by atoms with Crippen molar-refractivity contribution in [3.8, 4) is 11.5 Å². The van der Waals surface area contributed by atoms with Crippen molar-refractivity contribution in [2.24, 2.45) is 0 Å². The monoisotopic (exact) mass is 371 g/mol. The summed E-state index contributed by atoms with van der Waals surface area (Å²) in [7, 11) is 3.28. The smallest absolute Gasteiger partial charge is 0.174 e. The fraction of sp³-hybridized carbons (Fsp3) is 0.250. The predicted octanol–water partition coefficient (Wildman–Crippen LogP) is 4.18. The lowest BCUT2D eigenvalue weighted by molar-refractivity contribution is 0.352. The zero-order valence-electron chi connectivity index (χ0n) is 12.1. The highest BCUT2D eigenvalue weighted by Crippen LogP contribution is 2.36. The number of hydrogen-bond donors (Lipinski definition) is 1. The van der Waals surface area contributed by atoms with Gasteiger partial charge in [-0.3, -0.25) is 0 Å². The van der Waals surface area contributed by atoms with Crippen LogP contribution < -0.4 is 14.8 Å². The summed E-state index contributed by atoms with van der Waals surface area (Å²) in [4.78, 5) is 0. The van der Waals surface area contributed by atoms with Gasteiger partial charge in [0, 0.05) is 13.1 Å². The minimum Gasteiger partial charge on any atom is -0.493 e. The zero-order chi connectivity index (χ0) is 14.4. The molecule has 0 aromatic heterocycles. The Morgan fingerprint density at radius 1 is 0.952 bits per heavy atom. The summed E-state index contributed by atoms with van der Waals surface area (Å²) in [5.41, 5.74) is 2.41. The van der Waals surface area contributed by atoms with Gasteiger partial charge in [-0.05, 0) is 39.2 Å². The van der Waals surface area contributed by atoms with Crippen LogP contribution in [0.15, 0.2) is 46.9 Å². The van der Waals surface area contributed by atoms with Gasteiger partial charge in [-0.25, -0.2) is 0 Å². The second kappa shape index (κ2) is 8.93. The maximum atomic E-state index is 5.34. The molecular formula is C16H19BrClNO2. The largest absolute Gasteiger partial charge is 0.493 e. The van der Waals surface area contributed by atoms with Crippen LogP contribution in [-0.2, 0) is 13.1 Å². The molecule has 2 aromatic rings. The number of rotatable bonds is 6. The first-order valence-corrected chi connectivity index (χ1v) is 7.19. The molecule has 2 aromatic carbocycles. The van der Waals surface area contributed by atoms with Crippen molar-refractivity contribution < 1.29 is 9.47 Å². The van der Waals surface area contributed by atoms with E-state index in [9.17, 15) is 0 Å². The van der Waals surface area contributed by atoms with Crippen molar-refractivity contribution >= 4 is 28.3 Å². The van der Waals surface area contributed by atoms with E-state index in [2.05, 4.69) is 33.4 Å². The molecule has 0 aliphatic carbocycles. The summed E-state index contributed by atoms with van der Waals surface area (Å²) < 4.78 is 11.5. The second-order valence-corrected chi connectivity index (χ2v) is 5.26. The normalized spacial score (nSPS) is 9.86. The van der Waals surface area contributed by atoms with Crippen LogP contribution in [0.25, 0.3) is 0 Å². The number of halogens is 2. The van der Waals surface area contributed by atoms with Crippen molar-refractivity contribution in [3.63, 3.8) is 0 Å². The Labute approximate surface area is 140 Å². The number of hydrogen-bond acceptors (Lipinski definition) is 3. The van der Waals surface area contributed by atoms with Crippen LogP contribution in [0.4, 0.5) is 0 Å². The van der Waals surface area contributed by atoms with E-state index in [1.165, 1.54) is 5.56 Å². The Bertz CT molecular complexity index is 564. The maximum Gasteiger partial charge on any atom is 0.174 e. The molecule has 0 unspecified atom stereocenters. The summed E-state index contributed by atoms with van der Waals surface area (Å²) >= 11 is 3.50. The van der Waals surface area contributed by atoms with E-state index in [0.29, 0.717) is 0 Å². The molecule has 0 spiro atoms. The van der Waals surface area contributed by atoms with Crippen molar-refractivity contribution in [1.29, 1.82) is 0 Å². The molecule has 2 rings (SSSR count). The molecule has 3 nitrogen and oxygen atoms in total. The standard InChI is InChI=1S/C16H18BrNO2.ClH/c1-19-15-9-13(8-14(17)16(15)20-2)11-18-10-12-6-4-3-5-7-12;/h3-9,18H,10-11H2,1-2H3;1H. The average Bonchev–Trinajstić information content (AvgIpc) is 2.47. The highest BCUT2D eigenvalue weighted by Gasteiger charge is 2.10. The summed E-state index contributed by atoms with van der Waals surface area (Å²) in [6, 6.07) is 14.4. The number of ether oxygens (including phenoxy) is 2. The van der Waals surface area contributed by atoms with E-state index < -0.39 is 0 Å². The molecule has 0 saturated carbocycles. The summed E-state index contributed by atoms with van der Waals surface area (Å²) in [6.07, 6.45) is 0. The van der Waals surface area contributed by atoms with Crippen molar-refractivity contribution in [2.75, 3.05) is 14.2 Å². The van der Waals surface area contributed by atoms with Crippen LogP contribution >= 0.6 is 28.3 Å². The molecule has 0 fully saturated rings. The number of methoxy groups -OCH3 is 2. The molecule has 5 heteroatoms. The van der Waals surface area contributed by atoms with Gasteiger partial charge >= 0.3 is 0 Å². The van der Waals surface area contributed by atoms with Crippen LogP contribution in [0.2, 0.25) is 0 Å². The lowest BCUT2D eigenvalue weighted by Gasteiger charge is -2.12. The molecule has 0 radical (unpaired) electrons. The second-order valence-electron chi connectivity index (χ2n) is 4.40. The van der Waals surface area contributed by atoms with Crippen LogP contribution in [0.3, 0.4) is 0 Å². The van der Waals surface area contributed by atoms with E-state index in [1.807, 2.05) is 30.3 Å². The summed E-state index contributed by atoms with van der Waals surface area (Å²) in [5, 5.41) is 3.42. The Morgan fingerprint density at radius 2 is 1.62 bits per heavy atom. The van der Waals surface area contributed by atoms with Crippen molar-refractivity contribution in [1.82, 2.24) is 5.32 Å². The highest BCUT2D eigenvalue weighted by molar-refractivity contribution is 9.10. The molecule has 114 valence electrons. The zero-order valence-corrected chi connectivity index (χ0v) is 14.5. The maximum absolute atomic E-state index is 5.34. The Hall–Kier alpha value is -1.23. The van der Waals surface area contributed by atoms with Gasteiger partial charge in [0.2, 0.25) is 0 Å². The molecule has 0 heterocycles.